The van der Waals surface area contributed by atoms with Crippen molar-refractivity contribution in [2.24, 2.45) is 0 Å². The van der Waals surface area contributed by atoms with Gasteiger partial charge in [-0.2, -0.15) is 0 Å². The fourth-order valence-corrected chi connectivity index (χ4v) is 2.04. The molecule has 0 saturated heterocycles. The number of hydrogen-bond acceptors (Lipinski definition) is 2. The molecule has 0 aromatic heterocycles. The third kappa shape index (κ3) is 3.85. The summed E-state index contributed by atoms with van der Waals surface area (Å²) in [6.07, 6.45) is 0. The van der Waals surface area contributed by atoms with Crippen LogP contribution in [0.4, 0.5) is 0 Å². The van der Waals surface area contributed by atoms with Gasteiger partial charge >= 0.3 is 0 Å². The zero-order valence-corrected chi connectivity index (χ0v) is 11.8. The van der Waals surface area contributed by atoms with Gasteiger partial charge in [-0.05, 0) is 24.1 Å². The van der Waals surface area contributed by atoms with Gasteiger partial charge in [-0.1, -0.05) is 48.5 Å². The van der Waals surface area contributed by atoms with Crippen LogP contribution in [0.15, 0.2) is 54.6 Å². The molecule has 2 aromatic carbocycles. The molecule has 3 heteroatoms. The Morgan fingerprint density at radius 2 is 1.75 bits per heavy atom. The van der Waals surface area contributed by atoms with E-state index in [4.69, 9.17) is 4.74 Å². The minimum atomic E-state index is -0.145. The van der Waals surface area contributed by atoms with Gasteiger partial charge in [0.15, 0.2) is 0 Å². The van der Waals surface area contributed by atoms with E-state index in [0.717, 1.165) is 16.9 Å². The summed E-state index contributed by atoms with van der Waals surface area (Å²) in [5.74, 6) is 0.783. The topological polar surface area (TPSA) is 38.3 Å². The van der Waals surface area contributed by atoms with E-state index in [1.807, 2.05) is 61.5 Å². The molecule has 0 unspecified atom stereocenters. The summed E-state index contributed by atoms with van der Waals surface area (Å²) in [5, 5.41) is 2.92. The Morgan fingerprint density at radius 3 is 2.40 bits per heavy atom. The number of para-hydroxylation sites is 1. The van der Waals surface area contributed by atoms with Gasteiger partial charge in [0.05, 0.1) is 6.04 Å². The molecule has 1 atom stereocenters. The average molecular weight is 269 g/mol. The first-order chi connectivity index (χ1) is 9.66. The molecule has 104 valence electrons. The Morgan fingerprint density at radius 1 is 1.10 bits per heavy atom. The van der Waals surface area contributed by atoms with Crippen molar-refractivity contribution in [2.75, 3.05) is 6.61 Å². The van der Waals surface area contributed by atoms with E-state index in [9.17, 15) is 4.79 Å². The molecule has 1 amide bonds. The van der Waals surface area contributed by atoms with Crippen LogP contribution in [0, 0.1) is 6.92 Å². The molecular formula is C17H19NO2. The van der Waals surface area contributed by atoms with Crippen LogP contribution in [-0.2, 0) is 4.79 Å². The van der Waals surface area contributed by atoms with Gasteiger partial charge in [0.2, 0.25) is 5.91 Å². The molecular weight excluding hydrogens is 250 g/mol. The third-order valence-electron chi connectivity index (χ3n) is 3.08. The predicted octanol–water partition coefficient (Wildman–Crippen LogP) is 3.25. The van der Waals surface area contributed by atoms with Crippen LogP contribution >= 0.6 is 0 Å². The summed E-state index contributed by atoms with van der Waals surface area (Å²) >= 11 is 0. The molecule has 0 saturated carbocycles. The predicted molar refractivity (Wildman–Crippen MR) is 79.7 cm³/mol. The first kappa shape index (κ1) is 14.1. The van der Waals surface area contributed by atoms with Crippen molar-refractivity contribution in [1.82, 2.24) is 5.32 Å². The molecule has 0 spiro atoms. The van der Waals surface area contributed by atoms with E-state index < -0.39 is 0 Å². The highest BCUT2D eigenvalue weighted by atomic mass is 16.5. The highest BCUT2D eigenvalue weighted by Crippen LogP contribution is 2.19. The number of aryl methyl sites for hydroxylation is 1. The zero-order valence-electron chi connectivity index (χ0n) is 11.8. The highest BCUT2D eigenvalue weighted by molar-refractivity contribution is 5.73. The van der Waals surface area contributed by atoms with Crippen molar-refractivity contribution in [3.63, 3.8) is 0 Å². The molecule has 1 N–H and O–H groups in total. The zero-order chi connectivity index (χ0) is 14.4. The first-order valence-electron chi connectivity index (χ1n) is 6.67. The smallest absolute Gasteiger partial charge is 0.217 e. The van der Waals surface area contributed by atoms with Crippen molar-refractivity contribution in [3.8, 4) is 5.75 Å². The average Bonchev–Trinajstić information content (AvgIpc) is 2.45. The Kier molecular flexibility index (Phi) is 4.77. The van der Waals surface area contributed by atoms with E-state index >= 15 is 0 Å². The van der Waals surface area contributed by atoms with Crippen molar-refractivity contribution >= 4 is 5.91 Å². The highest BCUT2D eigenvalue weighted by Gasteiger charge is 2.13. The fourth-order valence-electron chi connectivity index (χ4n) is 2.04. The molecule has 3 nitrogen and oxygen atoms in total. The van der Waals surface area contributed by atoms with Gasteiger partial charge in [-0.25, -0.2) is 0 Å². The maximum Gasteiger partial charge on any atom is 0.217 e. The lowest BCUT2D eigenvalue weighted by molar-refractivity contribution is -0.119. The van der Waals surface area contributed by atoms with E-state index in [2.05, 4.69) is 5.32 Å². The number of hydrogen-bond donors (Lipinski definition) is 1. The number of carbonyl (C=O) groups is 1. The van der Waals surface area contributed by atoms with Crippen LogP contribution in [0.2, 0.25) is 0 Å². The standard InChI is InChI=1S/C17H19NO2/c1-13-8-6-7-11-17(13)20-12-16(18-14(2)19)15-9-4-3-5-10-15/h3-11,16H,12H2,1-2H3,(H,18,19)/t16-/m0/s1. The number of nitrogens with one attached hydrogen (secondary N) is 1. The molecule has 0 aliphatic carbocycles. The van der Waals surface area contributed by atoms with Crippen molar-refractivity contribution < 1.29 is 9.53 Å². The van der Waals surface area contributed by atoms with Crippen LogP contribution < -0.4 is 10.1 Å². The summed E-state index contributed by atoms with van der Waals surface area (Å²) in [7, 11) is 0. The SMILES string of the molecule is CC(=O)N[C@@H](COc1ccccc1C)c1ccccc1. The van der Waals surface area contributed by atoms with Crippen molar-refractivity contribution in [3.05, 3.63) is 65.7 Å². The van der Waals surface area contributed by atoms with Crippen molar-refractivity contribution in [2.45, 2.75) is 19.9 Å². The van der Waals surface area contributed by atoms with Gasteiger partial charge in [0.25, 0.3) is 0 Å². The summed E-state index contributed by atoms with van der Waals surface area (Å²) in [5.41, 5.74) is 2.12. The third-order valence-corrected chi connectivity index (χ3v) is 3.08. The number of benzene rings is 2. The molecule has 0 bridgehead atoms. The largest absolute Gasteiger partial charge is 0.491 e. The monoisotopic (exact) mass is 269 g/mol. The molecule has 0 heterocycles. The quantitative estimate of drug-likeness (QED) is 0.904. The van der Waals surface area contributed by atoms with Crippen LogP contribution in [-0.4, -0.2) is 12.5 Å². The Labute approximate surface area is 119 Å². The maximum absolute atomic E-state index is 11.3. The lowest BCUT2D eigenvalue weighted by atomic mass is 10.1. The summed E-state index contributed by atoms with van der Waals surface area (Å²) < 4.78 is 5.84. The molecule has 0 radical (unpaired) electrons. The van der Waals surface area contributed by atoms with Gasteiger partial charge in [-0.15, -0.1) is 0 Å². The Hall–Kier alpha value is -2.29. The molecule has 2 aromatic rings. The minimum absolute atomic E-state index is 0.0627. The van der Waals surface area contributed by atoms with E-state index in [1.165, 1.54) is 6.92 Å². The van der Waals surface area contributed by atoms with Gasteiger partial charge in [0, 0.05) is 6.92 Å². The van der Waals surface area contributed by atoms with Gasteiger partial charge in [0.1, 0.15) is 12.4 Å². The van der Waals surface area contributed by atoms with E-state index in [-0.39, 0.29) is 11.9 Å². The second-order valence-electron chi connectivity index (χ2n) is 4.74. The number of ether oxygens (including phenoxy) is 1. The van der Waals surface area contributed by atoms with Crippen LogP contribution in [0.5, 0.6) is 5.75 Å². The van der Waals surface area contributed by atoms with Crippen LogP contribution in [0.1, 0.15) is 24.1 Å². The van der Waals surface area contributed by atoms with Crippen LogP contribution in [0.25, 0.3) is 0 Å². The molecule has 0 aliphatic heterocycles. The summed E-state index contributed by atoms with van der Waals surface area (Å²) in [4.78, 5) is 11.3. The maximum atomic E-state index is 11.3. The number of carbonyl (C=O) groups excluding carboxylic acids is 1. The molecule has 20 heavy (non-hydrogen) atoms. The normalized spacial score (nSPS) is 11.7. The van der Waals surface area contributed by atoms with Crippen LogP contribution in [0.3, 0.4) is 0 Å². The molecule has 2 rings (SSSR count). The second-order valence-corrected chi connectivity index (χ2v) is 4.74. The number of amides is 1. The summed E-state index contributed by atoms with van der Waals surface area (Å²) in [6, 6.07) is 17.6. The van der Waals surface area contributed by atoms with Gasteiger partial charge < -0.3 is 10.1 Å². The number of rotatable bonds is 5. The Bertz CT molecular complexity index is 566. The minimum Gasteiger partial charge on any atom is -0.491 e. The molecule has 0 aliphatic rings. The van der Waals surface area contributed by atoms with Crippen molar-refractivity contribution in [1.29, 1.82) is 0 Å². The summed E-state index contributed by atoms with van der Waals surface area (Å²) in [6.45, 7) is 3.93. The second kappa shape index (κ2) is 6.75. The Balaban J connectivity index is 2.09. The lowest BCUT2D eigenvalue weighted by Crippen LogP contribution is -2.30. The van der Waals surface area contributed by atoms with E-state index in [0.29, 0.717) is 6.61 Å². The fraction of sp³-hybridized carbons (Fsp3) is 0.235. The first-order valence-corrected chi connectivity index (χ1v) is 6.67. The van der Waals surface area contributed by atoms with Gasteiger partial charge in [-0.3, -0.25) is 4.79 Å². The lowest BCUT2D eigenvalue weighted by Gasteiger charge is -2.19. The molecule has 0 fully saturated rings. The van der Waals surface area contributed by atoms with E-state index in [1.54, 1.807) is 0 Å².